The predicted molar refractivity (Wildman–Crippen MR) is 89.1 cm³/mol. The highest BCUT2D eigenvalue weighted by atomic mass is 35.5. The van der Waals surface area contributed by atoms with Crippen molar-refractivity contribution in [1.82, 2.24) is 0 Å². The second-order valence-electron chi connectivity index (χ2n) is 4.82. The number of hydrogen-bond acceptors (Lipinski definition) is 3. The molecule has 0 saturated carbocycles. The molecule has 22 heavy (non-hydrogen) atoms. The average Bonchev–Trinajstić information content (AvgIpc) is 2.55. The van der Waals surface area contributed by atoms with E-state index >= 15 is 0 Å². The van der Waals surface area contributed by atoms with Crippen LogP contribution in [0.4, 0.5) is 0 Å². The van der Waals surface area contributed by atoms with Crippen LogP contribution < -0.4 is 4.74 Å². The summed E-state index contributed by atoms with van der Waals surface area (Å²) in [6.07, 6.45) is 1.39. The molecule has 3 aromatic rings. The van der Waals surface area contributed by atoms with Gasteiger partial charge in [-0.3, -0.25) is 0 Å². The number of oxime groups is 1. The number of ether oxygens (including phenoxy) is 1. The minimum Gasteiger partial charge on any atom is -0.488 e. The fourth-order valence-corrected chi connectivity index (χ4v) is 2.55. The lowest BCUT2D eigenvalue weighted by Gasteiger charge is -2.12. The van der Waals surface area contributed by atoms with E-state index in [1.165, 1.54) is 6.21 Å². The van der Waals surface area contributed by atoms with Crippen LogP contribution in [0.25, 0.3) is 10.8 Å². The van der Waals surface area contributed by atoms with E-state index < -0.39 is 0 Å². The van der Waals surface area contributed by atoms with Gasteiger partial charge in [0.15, 0.2) is 0 Å². The van der Waals surface area contributed by atoms with Crippen LogP contribution in [-0.4, -0.2) is 11.4 Å². The smallest absolute Gasteiger partial charge is 0.129 e. The van der Waals surface area contributed by atoms with Crippen LogP contribution in [-0.2, 0) is 6.61 Å². The molecule has 4 heteroatoms. The van der Waals surface area contributed by atoms with Crippen molar-refractivity contribution in [2.45, 2.75) is 6.61 Å². The van der Waals surface area contributed by atoms with Crippen molar-refractivity contribution < 1.29 is 9.94 Å². The average molecular weight is 312 g/mol. The van der Waals surface area contributed by atoms with E-state index in [1.54, 1.807) is 0 Å². The molecule has 0 bridgehead atoms. The molecule has 3 rings (SSSR count). The second kappa shape index (κ2) is 6.50. The quantitative estimate of drug-likeness (QED) is 0.424. The van der Waals surface area contributed by atoms with Gasteiger partial charge < -0.3 is 9.94 Å². The fraction of sp³-hybridized carbons (Fsp3) is 0.0556. The standard InChI is InChI=1S/C18H14ClNO2/c19-17-8-4-2-6-14(17)12-22-18-10-9-13-5-1-3-7-15(13)16(18)11-20-21/h1-11,21H,12H2. The summed E-state index contributed by atoms with van der Waals surface area (Å²) in [6.45, 7) is 0.351. The van der Waals surface area contributed by atoms with Crippen LogP contribution >= 0.6 is 11.6 Å². The van der Waals surface area contributed by atoms with Gasteiger partial charge in [-0.1, -0.05) is 65.3 Å². The molecule has 0 amide bonds. The van der Waals surface area contributed by atoms with Crippen molar-refractivity contribution in [2.24, 2.45) is 5.16 Å². The Labute approximate surface area is 133 Å². The largest absolute Gasteiger partial charge is 0.488 e. The van der Waals surface area contributed by atoms with Crippen molar-refractivity contribution in [3.63, 3.8) is 0 Å². The van der Waals surface area contributed by atoms with E-state index in [9.17, 15) is 0 Å². The van der Waals surface area contributed by atoms with E-state index in [2.05, 4.69) is 5.16 Å². The Morgan fingerprint density at radius 1 is 1.00 bits per heavy atom. The topological polar surface area (TPSA) is 41.8 Å². The van der Waals surface area contributed by atoms with Crippen LogP contribution in [0.3, 0.4) is 0 Å². The Morgan fingerprint density at radius 2 is 1.77 bits per heavy atom. The number of fused-ring (bicyclic) bond motifs is 1. The van der Waals surface area contributed by atoms with E-state index in [0.29, 0.717) is 17.4 Å². The highest BCUT2D eigenvalue weighted by molar-refractivity contribution is 6.31. The van der Waals surface area contributed by atoms with Gasteiger partial charge in [-0.2, -0.15) is 0 Å². The first-order chi connectivity index (χ1) is 10.8. The van der Waals surface area contributed by atoms with Crippen molar-refractivity contribution in [1.29, 1.82) is 0 Å². The molecule has 3 aromatic carbocycles. The zero-order chi connectivity index (χ0) is 15.4. The zero-order valence-electron chi connectivity index (χ0n) is 11.7. The van der Waals surface area contributed by atoms with Crippen molar-refractivity contribution >= 4 is 28.6 Å². The third-order valence-corrected chi connectivity index (χ3v) is 3.83. The molecule has 0 saturated heterocycles. The maximum atomic E-state index is 8.93. The van der Waals surface area contributed by atoms with E-state index in [1.807, 2.05) is 60.7 Å². The highest BCUT2D eigenvalue weighted by Crippen LogP contribution is 2.28. The molecule has 0 radical (unpaired) electrons. The fourth-order valence-electron chi connectivity index (χ4n) is 2.36. The molecule has 0 aliphatic carbocycles. The van der Waals surface area contributed by atoms with Gasteiger partial charge in [0.25, 0.3) is 0 Å². The molecule has 0 atom stereocenters. The Bertz CT molecular complexity index is 830. The first-order valence-electron chi connectivity index (χ1n) is 6.85. The number of halogens is 1. The van der Waals surface area contributed by atoms with Gasteiger partial charge in [0.2, 0.25) is 0 Å². The number of hydrogen-bond donors (Lipinski definition) is 1. The maximum Gasteiger partial charge on any atom is 0.129 e. The lowest BCUT2D eigenvalue weighted by molar-refractivity contribution is 0.304. The summed E-state index contributed by atoms with van der Waals surface area (Å²) in [6, 6.07) is 19.3. The van der Waals surface area contributed by atoms with Crippen LogP contribution in [0.1, 0.15) is 11.1 Å². The molecule has 0 aliphatic rings. The van der Waals surface area contributed by atoms with Crippen molar-refractivity contribution in [3.8, 4) is 5.75 Å². The summed E-state index contributed by atoms with van der Waals surface area (Å²) in [5, 5.41) is 14.8. The van der Waals surface area contributed by atoms with Gasteiger partial charge in [0.1, 0.15) is 12.4 Å². The molecule has 0 spiro atoms. The summed E-state index contributed by atoms with van der Waals surface area (Å²) >= 11 is 6.14. The van der Waals surface area contributed by atoms with Crippen LogP contribution in [0.2, 0.25) is 5.02 Å². The Morgan fingerprint density at radius 3 is 2.59 bits per heavy atom. The Balaban J connectivity index is 1.96. The predicted octanol–water partition coefficient (Wildman–Crippen LogP) is 4.88. The number of benzene rings is 3. The first kappa shape index (κ1) is 14.4. The van der Waals surface area contributed by atoms with Gasteiger partial charge >= 0.3 is 0 Å². The van der Waals surface area contributed by atoms with Gasteiger partial charge in [-0.25, -0.2) is 0 Å². The van der Waals surface area contributed by atoms with Gasteiger partial charge in [0, 0.05) is 16.1 Å². The second-order valence-corrected chi connectivity index (χ2v) is 5.23. The molecule has 0 unspecified atom stereocenters. The molecule has 0 aromatic heterocycles. The first-order valence-corrected chi connectivity index (χ1v) is 7.23. The van der Waals surface area contributed by atoms with Crippen molar-refractivity contribution in [2.75, 3.05) is 0 Å². The zero-order valence-corrected chi connectivity index (χ0v) is 12.5. The highest BCUT2D eigenvalue weighted by Gasteiger charge is 2.08. The monoisotopic (exact) mass is 311 g/mol. The third-order valence-electron chi connectivity index (χ3n) is 3.46. The Kier molecular flexibility index (Phi) is 4.26. The summed E-state index contributed by atoms with van der Waals surface area (Å²) in [7, 11) is 0. The third kappa shape index (κ3) is 2.90. The minimum atomic E-state index is 0.351. The van der Waals surface area contributed by atoms with Gasteiger partial charge in [0.05, 0.1) is 6.21 Å². The Hall–Kier alpha value is -2.52. The van der Waals surface area contributed by atoms with Crippen LogP contribution in [0.5, 0.6) is 5.75 Å². The lowest BCUT2D eigenvalue weighted by atomic mass is 10.0. The molecule has 1 N–H and O–H groups in total. The number of nitrogens with zero attached hydrogens (tertiary/aromatic N) is 1. The summed E-state index contributed by atoms with van der Waals surface area (Å²) < 4.78 is 5.88. The minimum absolute atomic E-state index is 0.351. The van der Waals surface area contributed by atoms with E-state index in [0.717, 1.165) is 21.9 Å². The van der Waals surface area contributed by atoms with E-state index in [-0.39, 0.29) is 0 Å². The molecular weight excluding hydrogens is 298 g/mol. The SMILES string of the molecule is ON=Cc1c(OCc2ccccc2Cl)ccc2ccccc12. The molecule has 3 nitrogen and oxygen atoms in total. The maximum absolute atomic E-state index is 8.93. The van der Waals surface area contributed by atoms with Crippen LogP contribution in [0.15, 0.2) is 65.8 Å². The van der Waals surface area contributed by atoms with Crippen molar-refractivity contribution in [3.05, 3.63) is 76.8 Å². The summed E-state index contributed by atoms with van der Waals surface area (Å²) in [4.78, 5) is 0. The lowest BCUT2D eigenvalue weighted by Crippen LogP contribution is -1.99. The molecule has 0 fully saturated rings. The van der Waals surface area contributed by atoms with Gasteiger partial charge in [-0.05, 0) is 22.9 Å². The molecule has 110 valence electrons. The van der Waals surface area contributed by atoms with E-state index in [4.69, 9.17) is 21.5 Å². The summed E-state index contributed by atoms with van der Waals surface area (Å²) in [5.41, 5.74) is 1.65. The van der Waals surface area contributed by atoms with Crippen LogP contribution in [0, 0.1) is 0 Å². The normalized spacial score (nSPS) is 11.1. The molecule has 0 aliphatic heterocycles. The summed E-state index contributed by atoms with van der Waals surface area (Å²) in [5.74, 6) is 0.649. The number of rotatable bonds is 4. The molecule has 0 heterocycles. The molecular formula is C18H14ClNO2. The van der Waals surface area contributed by atoms with Gasteiger partial charge in [-0.15, -0.1) is 0 Å².